The van der Waals surface area contributed by atoms with Crippen LogP contribution in [0, 0.1) is 5.41 Å². The number of aromatic nitrogens is 1. The van der Waals surface area contributed by atoms with Crippen molar-refractivity contribution in [2.24, 2.45) is 5.41 Å². The zero-order valence-corrected chi connectivity index (χ0v) is 10.2. The number of nitrogens with zero attached hydrogens (tertiary/aromatic N) is 1. The quantitative estimate of drug-likeness (QED) is 0.829. The van der Waals surface area contributed by atoms with Crippen LogP contribution in [-0.2, 0) is 0 Å². The molecule has 0 spiro atoms. The number of benzene rings is 1. The van der Waals surface area contributed by atoms with Crippen LogP contribution in [0.5, 0.6) is 0 Å². The maximum Gasteiger partial charge on any atom is 0.295 e. The molecule has 0 aliphatic heterocycles. The molecule has 1 heterocycles. The number of halogens is 1. The maximum absolute atomic E-state index is 5.85. The highest BCUT2D eigenvalue weighted by molar-refractivity contribution is 6.18. The lowest BCUT2D eigenvalue weighted by molar-refractivity contribution is 0.442. The van der Waals surface area contributed by atoms with E-state index in [0.29, 0.717) is 11.9 Å². The molecule has 0 radical (unpaired) electrons. The fraction of sp³-hybridized carbons (Fsp3) is 0.417. The Hall–Kier alpha value is -1.22. The van der Waals surface area contributed by atoms with Crippen LogP contribution in [0.1, 0.15) is 13.8 Å². The minimum atomic E-state index is 0.0300. The fourth-order valence-electron chi connectivity index (χ4n) is 1.31. The third kappa shape index (κ3) is 2.47. The molecule has 86 valence electrons. The number of nitrogens with one attached hydrogen (secondary N) is 1. The van der Waals surface area contributed by atoms with E-state index >= 15 is 0 Å². The van der Waals surface area contributed by atoms with Gasteiger partial charge >= 0.3 is 0 Å². The van der Waals surface area contributed by atoms with E-state index in [2.05, 4.69) is 24.1 Å². The summed E-state index contributed by atoms with van der Waals surface area (Å²) in [6, 6.07) is 8.26. The van der Waals surface area contributed by atoms with Crippen LogP contribution in [0.2, 0.25) is 0 Å². The van der Waals surface area contributed by atoms with Gasteiger partial charge in [0.1, 0.15) is 5.52 Å². The number of fused-ring (bicyclic) bond motifs is 1. The first-order chi connectivity index (χ1) is 7.61. The van der Waals surface area contributed by atoms with E-state index in [1.54, 1.807) is 0 Å². The summed E-state index contributed by atoms with van der Waals surface area (Å²) in [4.78, 5) is 4.33. The van der Waals surface area contributed by atoms with Gasteiger partial charge in [-0.15, -0.1) is 11.6 Å². The van der Waals surface area contributed by atoms with E-state index in [1.165, 1.54) is 0 Å². The second kappa shape index (κ2) is 4.34. The van der Waals surface area contributed by atoms with Crippen molar-refractivity contribution in [2.75, 3.05) is 17.7 Å². The van der Waals surface area contributed by atoms with Gasteiger partial charge in [0.05, 0.1) is 0 Å². The molecular weight excluding hydrogens is 224 g/mol. The molecule has 0 aliphatic rings. The van der Waals surface area contributed by atoms with Crippen molar-refractivity contribution in [3.8, 4) is 0 Å². The van der Waals surface area contributed by atoms with E-state index in [1.807, 2.05) is 24.3 Å². The molecule has 0 unspecified atom stereocenters. The van der Waals surface area contributed by atoms with Gasteiger partial charge in [0.2, 0.25) is 0 Å². The number of hydrogen-bond donors (Lipinski definition) is 1. The monoisotopic (exact) mass is 238 g/mol. The summed E-state index contributed by atoms with van der Waals surface area (Å²) in [5, 5.41) is 3.16. The lowest BCUT2D eigenvalue weighted by Gasteiger charge is -2.20. The smallest absolute Gasteiger partial charge is 0.295 e. The van der Waals surface area contributed by atoms with Crippen LogP contribution in [0.25, 0.3) is 11.1 Å². The molecule has 3 nitrogen and oxygen atoms in total. The molecule has 0 saturated carbocycles. The predicted octanol–water partition coefficient (Wildman–Crippen LogP) is 3.50. The van der Waals surface area contributed by atoms with E-state index in [-0.39, 0.29) is 5.41 Å². The molecule has 0 amide bonds. The van der Waals surface area contributed by atoms with Crippen molar-refractivity contribution in [3.05, 3.63) is 24.3 Å². The van der Waals surface area contributed by atoms with E-state index in [0.717, 1.165) is 17.6 Å². The number of anilines is 1. The lowest BCUT2D eigenvalue weighted by atomic mass is 9.97. The Balaban J connectivity index is 2.10. The number of rotatable bonds is 4. The highest BCUT2D eigenvalue weighted by Gasteiger charge is 2.17. The van der Waals surface area contributed by atoms with E-state index in [9.17, 15) is 0 Å². The summed E-state index contributed by atoms with van der Waals surface area (Å²) in [6.07, 6.45) is 0. The fourth-order valence-corrected chi connectivity index (χ4v) is 1.40. The third-order valence-electron chi connectivity index (χ3n) is 2.37. The lowest BCUT2D eigenvalue weighted by Crippen LogP contribution is -2.24. The number of oxazole rings is 1. The third-order valence-corrected chi connectivity index (χ3v) is 3.10. The zero-order valence-electron chi connectivity index (χ0n) is 9.46. The van der Waals surface area contributed by atoms with Crippen LogP contribution in [-0.4, -0.2) is 17.4 Å². The van der Waals surface area contributed by atoms with Gasteiger partial charge < -0.3 is 9.73 Å². The van der Waals surface area contributed by atoms with E-state index in [4.69, 9.17) is 16.0 Å². The Morgan fingerprint density at radius 2 is 2.12 bits per heavy atom. The first-order valence-electron chi connectivity index (χ1n) is 5.26. The second-order valence-electron chi connectivity index (χ2n) is 4.64. The highest BCUT2D eigenvalue weighted by Crippen LogP contribution is 2.21. The number of para-hydroxylation sites is 2. The number of alkyl halides is 1. The Labute approximate surface area is 99.8 Å². The van der Waals surface area contributed by atoms with Gasteiger partial charge in [0, 0.05) is 12.4 Å². The van der Waals surface area contributed by atoms with Crippen molar-refractivity contribution in [1.29, 1.82) is 0 Å². The SMILES string of the molecule is CC(C)(CCl)CNc1nc2ccccc2o1. The average Bonchev–Trinajstić information content (AvgIpc) is 2.69. The molecule has 2 aromatic rings. The molecule has 0 bridgehead atoms. The Kier molecular flexibility index (Phi) is 3.06. The predicted molar refractivity (Wildman–Crippen MR) is 67.0 cm³/mol. The topological polar surface area (TPSA) is 38.1 Å². The standard InChI is InChI=1S/C12H15ClN2O/c1-12(2,7-13)8-14-11-15-9-5-3-4-6-10(9)16-11/h3-6H,7-8H2,1-2H3,(H,14,15). The summed E-state index contributed by atoms with van der Waals surface area (Å²) in [7, 11) is 0. The van der Waals surface area contributed by atoms with Crippen LogP contribution < -0.4 is 5.32 Å². The maximum atomic E-state index is 5.85. The molecule has 1 N–H and O–H groups in total. The average molecular weight is 239 g/mol. The van der Waals surface area contributed by atoms with Crippen molar-refractivity contribution in [2.45, 2.75) is 13.8 Å². The van der Waals surface area contributed by atoms with Crippen LogP contribution in [0.3, 0.4) is 0 Å². The Morgan fingerprint density at radius 3 is 2.81 bits per heavy atom. The summed E-state index contributed by atoms with van der Waals surface area (Å²) < 4.78 is 5.54. The van der Waals surface area contributed by atoms with Gasteiger partial charge in [0.25, 0.3) is 6.01 Å². The molecule has 0 atom stereocenters. The van der Waals surface area contributed by atoms with Crippen molar-refractivity contribution in [1.82, 2.24) is 4.98 Å². The Bertz CT molecular complexity index is 446. The molecule has 2 rings (SSSR count). The summed E-state index contributed by atoms with van der Waals surface area (Å²) in [6.45, 7) is 4.93. The van der Waals surface area contributed by atoms with Gasteiger partial charge in [0.15, 0.2) is 5.58 Å². The van der Waals surface area contributed by atoms with Gasteiger partial charge in [-0.1, -0.05) is 26.0 Å². The van der Waals surface area contributed by atoms with Crippen LogP contribution in [0.15, 0.2) is 28.7 Å². The normalized spacial score (nSPS) is 11.9. The molecule has 0 saturated heterocycles. The Morgan fingerprint density at radius 1 is 1.38 bits per heavy atom. The largest absolute Gasteiger partial charge is 0.424 e. The number of hydrogen-bond acceptors (Lipinski definition) is 3. The molecule has 4 heteroatoms. The van der Waals surface area contributed by atoms with Gasteiger partial charge in [-0.2, -0.15) is 4.98 Å². The molecule has 1 aromatic carbocycles. The summed E-state index contributed by atoms with van der Waals surface area (Å²) >= 11 is 5.85. The van der Waals surface area contributed by atoms with Gasteiger partial charge in [-0.3, -0.25) is 0 Å². The molecular formula is C12H15ClN2O. The van der Waals surface area contributed by atoms with Crippen LogP contribution >= 0.6 is 11.6 Å². The van der Waals surface area contributed by atoms with Gasteiger partial charge in [-0.05, 0) is 17.5 Å². The highest BCUT2D eigenvalue weighted by atomic mass is 35.5. The van der Waals surface area contributed by atoms with Crippen molar-refractivity contribution in [3.63, 3.8) is 0 Å². The molecule has 16 heavy (non-hydrogen) atoms. The summed E-state index contributed by atoms with van der Waals surface area (Å²) in [5.41, 5.74) is 1.70. The van der Waals surface area contributed by atoms with Crippen LogP contribution in [0.4, 0.5) is 6.01 Å². The molecule has 0 fully saturated rings. The molecule has 1 aromatic heterocycles. The minimum absolute atomic E-state index is 0.0300. The molecule has 0 aliphatic carbocycles. The summed E-state index contributed by atoms with van der Waals surface area (Å²) in [5.74, 6) is 0.597. The minimum Gasteiger partial charge on any atom is -0.424 e. The first-order valence-corrected chi connectivity index (χ1v) is 5.80. The van der Waals surface area contributed by atoms with Crippen molar-refractivity contribution < 1.29 is 4.42 Å². The van der Waals surface area contributed by atoms with Gasteiger partial charge in [-0.25, -0.2) is 0 Å². The first kappa shape index (κ1) is 11.3. The zero-order chi connectivity index (χ0) is 11.6. The second-order valence-corrected chi connectivity index (χ2v) is 4.91. The van der Waals surface area contributed by atoms with E-state index < -0.39 is 0 Å². The van der Waals surface area contributed by atoms with Crippen molar-refractivity contribution >= 4 is 28.7 Å².